The Kier molecular flexibility index (Phi) is 5.38. The second-order valence-electron chi connectivity index (χ2n) is 12.9. The maximum absolute atomic E-state index is 6.38. The van der Waals surface area contributed by atoms with Crippen LogP contribution in [-0.2, 0) is 0 Å². The van der Waals surface area contributed by atoms with Gasteiger partial charge in [-0.25, -0.2) is 0 Å². The van der Waals surface area contributed by atoms with Gasteiger partial charge in [0.15, 0.2) is 0 Å². The molecule has 0 N–H and O–H groups in total. The smallest absolute Gasteiger partial charge is 0.136 e. The molecule has 3 nitrogen and oxygen atoms in total. The fourth-order valence-electron chi connectivity index (χ4n) is 8.09. The third kappa shape index (κ3) is 3.78. The van der Waals surface area contributed by atoms with Crippen molar-refractivity contribution in [2.75, 3.05) is 0 Å². The van der Waals surface area contributed by atoms with Crippen LogP contribution >= 0.6 is 0 Å². The summed E-state index contributed by atoms with van der Waals surface area (Å²) in [7, 11) is 0. The molecule has 228 valence electrons. The summed E-state index contributed by atoms with van der Waals surface area (Å²) in [6.07, 6.45) is 0. The highest BCUT2D eigenvalue weighted by Crippen LogP contribution is 2.41. The van der Waals surface area contributed by atoms with Crippen molar-refractivity contribution >= 4 is 76.3 Å². The van der Waals surface area contributed by atoms with Gasteiger partial charge in [0.25, 0.3) is 0 Å². The number of furan rings is 1. The summed E-state index contributed by atoms with van der Waals surface area (Å²) < 4.78 is 11.2. The summed E-state index contributed by atoms with van der Waals surface area (Å²) in [5.74, 6) is 0. The van der Waals surface area contributed by atoms with Crippen LogP contribution in [0.1, 0.15) is 0 Å². The highest BCUT2D eigenvalue weighted by Gasteiger charge is 2.19. The summed E-state index contributed by atoms with van der Waals surface area (Å²) in [5, 5.41) is 9.65. The Bertz CT molecular complexity index is 3100. The number of nitrogens with zero attached hydrogens (tertiary/aromatic N) is 2. The van der Waals surface area contributed by atoms with E-state index in [9.17, 15) is 0 Å². The second-order valence-corrected chi connectivity index (χ2v) is 12.9. The van der Waals surface area contributed by atoms with E-state index < -0.39 is 0 Å². The topological polar surface area (TPSA) is 23.0 Å². The highest BCUT2D eigenvalue weighted by molar-refractivity contribution is 6.18. The first kappa shape index (κ1) is 26.5. The van der Waals surface area contributed by atoms with Gasteiger partial charge >= 0.3 is 0 Å². The molecule has 11 aromatic rings. The molecule has 0 radical (unpaired) electrons. The summed E-state index contributed by atoms with van der Waals surface area (Å²) in [4.78, 5) is 0. The first-order valence-corrected chi connectivity index (χ1v) is 16.8. The predicted octanol–water partition coefficient (Wildman–Crippen LogP) is 12.6. The van der Waals surface area contributed by atoms with Gasteiger partial charge in [0.1, 0.15) is 11.2 Å². The lowest BCUT2D eigenvalue weighted by atomic mass is 10.0. The molecule has 0 fully saturated rings. The largest absolute Gasteiger partial charge is 0.456 e. The Morgan fingerprint density at radius 1 is 0.327 bits per heavy atom. The molecule has 0 saturated carbocycles. The summed E-state index contributed by atoms with van der Waals surface area (Å²) in [6.45, 7) is 0. The number of para-hydroxylation sites is 3. The summed E-state index contributed by atoms with van der Waals surface area (Å²) in [6, 6.07) is 61.3. The number of aromatic nitrogens is 2. The van der Waals surface area contributed by atoms with Crippen LogP contribution < -0.4 is 0 Å². The molecule has 0 bridgehead atoms. The van der Waals surface area contributed by atoms with Crippen molar-refractivity contribution < 1.29 is 4.42 Å². The van der Waals surface area contributed by atoms with Crippen molar-refractivity contribution in [2.24, 2.45) is 0 Å². The number of fused-ring (bicyclic) bond motifs is 10. The summed E-state index contributed by atoms with van der Waals surface area (Å²) >= 11 is 0. The molecule has 0 aliphatic carbocycles. The molecule has 0 unspecified atom stereocenters. The van der Waals surface area contributed by atoms with Crippen LogP contribution in [0.4, 0.5) is 0 Å². The average Bonchev–Trinajstić information content (AvgIpc) is 3.80. The van der Waals surface area contributed by atoms with Gasteiger partial charge in [0.2, 0.25) is 0 Å². The minimum atomic E-state index is 0.911. The van der Waals surface area contributed by atoms with Gasteiger partial charge in [0, 0.05) is 43.4 Å². The third-order valence-corrected chi connectivity index (χ3v) is 10.3. The van der Waals surface area contributed by atoms with E-state index in [-0.39, 0.29) is 0 Å². The van der Waals surface area contributed by atoms with E-state index in [2.05, 4.69) is 173 Å². The Morgan fingerprint density at radius 3 is 1.78 bits per heavy atom. The number of hydrogen-bond donors (Lipinski definition) is 0. The zero-order valence-corrected chi connectivity index (χ0v) is 26.5. The molecule has 0 spiro atoms. The zero-order chi connectivity index (χ0) is 32.1. The monoisotopic (exact) mass is 624 g/mol. The first-order chi connectivity index (χ1) is 24.3. The fraction of sp³-hybridized carbons (Fsp3) is 0. The van der Waals surface area contributed by atoms with Crippen molar-refractivity contribution in [3.63, 3.8) is 0 Å². The van der Waals surface area contributed by atoms with Crippen LogP contribution in [0.25, 0.3) is 98.8 Å². The minimum Gasteiger partial charge on any atom is -0.456 e. The SMILES string of the molecule is c1ccc(-n2c3ccc(-c4ccc5c(c4)c4ccccc4n5-c4cccc5ccccc45)cc3c3cc4oc5ccccc5c4cc32)cc1. The summed E-state index contributed by atoms with van der Waals surface area (Å²) in [5.41, 5.74) is 11.3. The van der Waals surface area contributed by atoms with Crippen molar-refractivity contribution in [3.8, 4) is 22.5 Å². The van der Waals surface area contributed by atoms with E-state index >= 15 is 0 Å². The molecule has 3 aromatic heterocycles. The van der Waals surface area contributed by atoms with Crippen LogP contribution in [0.15, 0.2) is 174 Å². The molecule has 3 heteroatoms. The predicted molar refractivity (Wildman–Crippen MR) is 205 cm³/mol. The first-order valence-electron chi connectivity index (χ1n) is 16.8. The molecule has 0 amide bonds. The van der Waals surface area contributed by atoms with Crippen molar-refractivity contribution in [3.05, 3.63) is 170 Å². The lowest BCUT2D eigenvalue weighted by Crippen LogP contribution is -1.95. The fourth-order valence-corrected chi connectivity index (χ4v) is 8.09. The standard InChI is InChI=1S/C46H28N2O/c1-2-13-32(14-3-1)47-42-23-21-31(26-37(42)38-28-46-39(27-44(38)47)35-17-7-9-20-45(35)49-46)30-22-24-43-36(25-30)34-16-6-8-18-41(34)48(43)40-19-10-12-29-11-4-5-15-33(29)40/h1-28H. The maximum atomic E-state index is 6.38. The van der Waals surface area contributed by atoms with Crippen molar-refractivity contribution in [1.82, 2.24) is 9.13 Å². The van der Waals surface area contributed by atoms with Crippen LogP contribution in [-0.4, -0.2) is 9.13 Å². The van der Waals surface area contributed by atoms with Gasteiger partial charge in [0.05, 0.1) is 27.8 Å². The van der Waals surface area contributed by atoms with E-state index in [1.807, 2.05) is 6.07 Å². The van der Waals surface area contributed by atoms with Gasteiger partial charge in [-0.15, -0.1) is 0 Å². The van der Waals surface area contributed by atoms with Crippen molar-refractivity contribution in [1.29, 1.82) is 0 Å². The van der Waals surface area contributed by atoms with E-state index in [4.69, 9.17) is 4.42 Å². The highest BCUT2D eigenvalue weighted by atomic mass is 16.3. The second kappa shape index (κ2) is 9.96. The van der Waals surface area contributed by atoms with Gasteiger partial charge < -0.3 is 13.6 Å². The van der Waals surface area contributed by atoms with Crippen LogP contribution in [0.2, 0.25) is 0 Å². The molecule has 11 rings (SSSR count). The molecule has 0 aliphatic heterocycles. The lowest BCUT2D eigenvalue weighted by Gasteiger charge is -2.12. The maximum Gasteiger partial charge on any atom is 0.136 e. The molecule has 0 aliphatic rings. The minimum absolute atomic E-state index is 0.911. The van der Waals surface area contributed by atoms with Gasteiger partial charge in [-0.05, 0) is 83.2 Å². The van der Waals surface area contributed by atoms with E-state index in [1.165, 1.54) is 71.2 Å². The quantitative estimate of drug-likeness (QED) is 0.192. The Labute approximate surface area is 281 Å². The van der Waals surface area contributed by atoms with Crippen LogP contribution in [0, 0.1) is 0 Å². The Balaban J connectivity index is 1.16. The van der Waals surface area contributed by atoms with Crippen molar-refractivity contribution in [2.45, 2.75) is 0 Å². The molecule has 0 atom stereocenters. The Hall–Kier alpha value is -6.58. The molecule has 49 heavy (non-hydrogen) atoms. The van der Waals surface area contributed by atoms with Gasteiger partial charge in [-0.3, -0.25) is 0 Å². The van der Waals surface area contributed by atoms with E-state index in [0.29, 0.717) is 0 Å². The van der Waals surface area contributed by atoms with Gasteiger partial charge in [-0.1, -0.05) is 103 Å². The number of hydrogen-bond acceptors (Lipinski definition) is 1. The Morgan fingerprint density at radius 2 is 0.939 bits per heavy atom. The molecule has 8 aromatic carbocycles. The molecule has 0 saturated heterocycles. The zero-order valence-electron chi connectivity index (χ0n) is 26.5. The van der Waals surface area contributed by atoms with Crippen LogP contribution in [0.3, 0.4) is 0 Å². The molecule has 3 heterocycles. The molecular formula is C46H28N2O. The van der Waals surface area contributed by atoms with E-state index in [1.54, 1.807) is 0 Å². The number of rotatable bonds is 3. The molecular weight excluding hydrogens is 597 g/mol. The lowest BCUT2D eigenvalue weighted by molar-refractivity contribution is 0.669. The van der Waals surface area contributed by atoms with E-state index in [0.717, 1.165) is 27.6 Å². The average molecular weight is 625 g/mol. The van der Waals surface area contributed by atoms with Crippen LogP contribution in [0.5, 0.6) is 0 Å². The van der Waals surface area contributed by atoms with Gasteiger partial charge in [-0.2, -0.15) is 0 Å². The normalized spacial score (nSPS) is 12.1. The number of benzene rings is 8. The third-order valence-electron chi connectivity index (χ3n) is 10.3.